The summed E-state index contributed by atoms with van der Waals surface area (Å²) in [4.78, 5) is 13.5. The van der Waals surface area contributed by atoms with Crippen LogP contribution < -0.4 is 4.74 Å². The number of benzene rings is 1. The fourth-order valence-corrected chi connectivity index (χ4v) is 2.78. The number of furan rings is 2. The Bertz CT molecular complexity index is 790. The number of hydrogen-bond donors (Lipinski definition) is 1. The van der Waals surface area contributed by atoms with Crippen LogP contribution in [-0.2, 0) is 13.1 Å². The summed E-state index contributed by atoms with van der Waals surface area (Å²) < 4.78 is 16.5. The molecule has 2 aromatic heterocycles. The third-order valence-corrected chi connectivity index (χ3v) is 4.07. The molecule has 0 aliphatic carbocycles. The highest BCUT2D eigenvalue weighted by molar-refractivity contribution is 5.94. The third kappa shape index (κ3) is 5.84. The number of aliphatic hydroxyl groups is 1. The highest BCUT2D eigenvalue weighted by Gasteiger charge is 2.16. The van der Waals surface area contributed by atoms with E-state index in [2.05, 4.69) is 0 Å². The molecule has 0 unspecified atom stereocenters. The van der Waals surface area contributed by atoms with Crippen LogP contribution in [0.5, 0.6) is 5.75 Å². The van der Waals surface area contributed by atoms with Crippen molar-refractivity contribution in [1.29, 1.82) is 0 Å². The Balaban J connectivity index is 1.57. The molecule has 27 heavy (non-hydrogen) atoms. The first-order valence-corrected chi connectivity index (χ1v) is 8.79. The second-order valence-corrected chi connectivity index (χ2v) is 6.38. The number of ketones is 1. The van der Waals surface area contributed by atoms with Crippen molar-refractivity contribution in [1.82, 2.24) is 4.90 Å². The molecule has 0 bridgehead atoms. The predicted octanol–water partition coefficient (Wildman–Crippen LogP) is 3.52. The summed E-state index contributed by atoms with van der Waals surface area (Å²) in [6.07, 6.45) is 2.54. The molecule has 1 atom stereocenters. The van der Waals surface area contributed by atoms with Crippen LogP contribution in [0.1, 0.15) is 28.8 Å². The number of nitrogens with zero attached hydrogens (tertiary/aromatic N) is 1. The Labute approximate surface area is 158 Å². The molecule has 0 amide bonds. The number of ether oxygens (including phenoxy) is 1. The van der Waals surface area contributed by atoms with Gasteiger partial charge in [0.15, 0.2) is 5.78 Å². The average molecular weight is 369 g/mol. The summed E-state index contributed by atoms with van der Waals surface area (Å²) >= 11 is 0. The van der Waals surface area contributed by atoms with E-state index in [4.69, 9.17) is 13.6 Å². The van der Waals surface area contributed by atoms with Gasteiger partial charge in [-0.05, 0) is 43.3 Å². The second kappa shape index (κ2) is 9.21. The topological polar surface area (TPSA) is 76.1 Å². The van der Waals surface area contributed by atoms with Crippen LogP contribution in [0.25, 0.3) is 0 Å². The molecule has 6 heteroatoms. The van der Waals surface area contributed by atoms with Crippen molar-refractivity contribution in [3.8, 4) is 5.75 Å². The van der Waals surface area contributed by atoms with Crippen molar-refractivity contribution >= 4 is 5.78 Å². The van der Waals surface area contributed by atoms with Gasteiger partial charge in [0.05, 0.1) is 25.6 Å². The SMILES string of the molecule is CC(=O)c1cccc(OC[C@H](O)CN(Cc2ccco2)Cc2ccco2)c1. The molecule has 0 aliphatic rings. The summed E-state index contributed by atoms with van der Waals surface area (Å²) in [5, 5.41) is 10.4. The van der Waals surface area contributed by atoms with E-state index in [1.165, 1.54) is 6.92 Å². The zero-order chi connectivity index (χ0) is 19.1. The number of rotatable bonds is 10. The lowest BCUT2D eigenvalue weighted by atomic mass is 10.1. The number of aliphatic hydroxyl groups excluding tert-OH is 1. The molecule has 0 fully saturated rings. The van der Waals surface area contributed by atoms with Gasteiger partial charge >= 0.3 is 0 Å². The highest BCUT2D eigenvalue weighted by Crippen LogP contribution is 2.15. The van der Waals surface area contributed by atoms with Gasteiger partial charge in [-0.15, -0.1) is 0 Å². The average Bonchev–Trinajstić information content (AvgIpc) is 3.34. The van der Waals surface area contributed by atoms with Crippen LogP contribution in [0.4, 0.5) is 0 Å². The minimum absolute atomic E-state index is 0.0240. The van der Waals surface area contributed by atoms with E-state index in [9.17, 15) is 9.90 Å². The summed E-state index contributed by atoms with van der Waals surface area (Å²) in [5.41, 5.74) is 0.583. The Morgan fingerprint density at radius 2 is 1.74 bits per heavy atom. The Morgan fingerprint density at radius 3 is 2.30 bits per heavy atom. The van der Waals surface area contributed by atoms with Gasteiger partial charge in [0.2, 0.25) is 0 Å². The van der Waals surface area contributed by atoms with Crippen LogP contribution in [-0.4, -0.2) is 35.0 Å². The van der Waals surface area contributed by atoms with E-state index in [1.54, 1.807) is 36.8 Å². The maximum Gasteiger partial charge on any atom is 0.159 e. The predicted molar refractivity (Wildman–Crippen MR) is 99.5 cm³/mol. The Hall–Kier alpha value is -2.83. The van der Waals surface area contributed by atoms with Crippen molar-refractivity contribution < 1.29 is 23.5 Å². The van der Waals surface area contributed by atoms with Gasteiger partial charge in [-0.2, -0.15) is 0 Å². The highest BCUT2D eigenvalue weighted by atomic mass is 16.5. The monoisotopic (exact) mass is 369 g/mol. The van der Waals surface area contributed by atoms with Gasteiger partial charge in [-0.3, -0.25) is 9.69 Å². The molecule has 1 aromatic carbocycles. The van der Waals surface area contributed by atoms with Gasteiger partial charge < -0.3 is 18.7 Å². The lowest BCUT2D eigenvalue weighted by Gasteiger charge is -2.23. The van der Waals surface area contributed by atoms with Crippen LogP contribution in [0, 0.1) is 0 Å². The maximum absolute atomic E-state index is 11.5. The molecule has 6 nitrogen and oxygen atoms in total. The lowest BCUT2D eigenvalue weighted by Crippen LogP contribution is -2.34. The first kappa shape index (κ1) is 18.9. The summed E-state index contributed by atoms with van der Waals surface area (Å²) in [6.45, 7) is 3.10. The van der Waals surface area contributed by atoms with Crippen LogP contribution in [0.2, 0.25) is 0 Å². The van der Waals surface area contributed by atoms with E-state index < -0.39 is 6.10 Å². The minimum atomic E-state index is -0.712. The van der Waals surface area contributed by atoms with Crippen LogP contribution >= 0.6 is 0 Å². The molecule has 0 radical (unpaired) electrons. The fraction of sp³-hybridized carbons (Fsp3) is 0.286. The smallest absolute Gasteiger partial charge is 0.159 e. The largest absolute Gasteiger partial charge is 0.491 e. The van der Waals surface area contributed by atoms with Gasteiger partial charge in [0.25, 0.3) is 0 Å². The minimum Gasteiger partial charge on any atom is -0.491 e. The molecule has 2 heterocycles. The van der Waals surface area contributed by atoms with Gasteiger partial charge in [-0.1, -0.05) is 12.1 Å². The standard InChI is InChI=1S/C21H23NO5/c1-16(23)17-5-2-6-19(11-17)27-15-18(24)12-22(13-20-7-3-9-25-20)14-21-8-4-10-26-21/h2-11,18,24H,12-15H2,1H3/t18-/m1/s1. The molecular weight excluding hydrogens is 346 g/mol. The van der Waals surface area contributed by atoms with Crippen LogP contribution in [0.3, 0.4) is 0 Å². The van der Waals surface area contributed by atoms with E-state index in [0.29, 0.717) is 30.9 Å². The number of carbonyl (C=O) groups excluding carboxylic acids is 1. The normalized spacial score (nSPS) is 12.3. The molecule has 142 valence electrons. The van der Waals surface area contributed by atoms with Crippen molar-refractivity contribution in [3.05, 3.63) is 78.1 Å². The molecule has 3 aromatic rings. The zero-order valence-electron chi connectivity index (χ0n) is 15.2. The van der Waals surface area contributed by atoms with Crippen molar-refractivity contribution in [2.24, 2.45) is 0 Å². The van der Waals surface area contributed by atoms with Gasteiger partial charge in [-0.25, -0.2) is 0 Å². The van der Waals surface area contributed by atoms with Gasteiger partial charge in [0.1, 0.15) is 30.0 Å². The van der Waals surface area contributed by atoms with Crippen molar-refractivity contribution in [2.45, 2.75) is 26.1 Å². The first-order chi connectivity index (χ1) is 13.1. The molecule has 0 saturated carbocycles. The Morgan fingerprint density at radius 1 is 1.07 bits per heavy atom. The summed E-state index contributed by atoms with van der Waals surface area (Å²) in [5.74, 6) is 2.15. The van der Waals surface area contributed by atoms with E-state index in [1.807, 2.05) is 29.2 Å². The number of Topliss-reactive ketones (excluding diaryl/α,β-unsaturated/α-hetero) is 1. The fourth-order valence-electron chi connectivity index (χ4n) is 2.78. The second-order valence-electron chi connectivity index (χ2n) is 6.38. The summed E-state index contributed by atoms with van der Waals surface area (Å²) in [7, 11) is 0. The lowest BCUT2D eigenvalue weighted by molar-refractivity contribution is 0.0580. The molecule has 3 rings (SSSR count). The molecule has 0 saturated heterocycles. The first-order valence-electron chi connectivity index (χ1n) is 8.79. The quantitative estimate of drug-likeness (QED) is 0.551. The summed E-state index contributed by atoms with van der Waals surface area (Å²) in [6, 6.07) is 14.4. The molecule has 0 aliphatic heterocycles. The van der Waals surface area contributed by atoms with Crippen molar-refractivity contribution in [3.63, 3.8) is 0 Å². The third-order valence-electron chi connectivity index (χ3n) is 4.07. The molecule has 1 N–H and O–H groups in total. The maximum atomic E-state index is 11.5. The number of carbonyl (C=O) groups is 1. The van der Waals surface area contributed by atoms with Crippen LogP contribution in [0.15, 0.2) is 69.9 Å². The molecule has 0 spiro atoms. The van der Waals surface area contributed by atoms with Crippen molar-refractivity contribution in [2.75, 3.05) is 13.2 Å². The zero-order valence-corrected chi connectivity index (χ0v) is 15.2. The van der Waals surface area contributed by atoms with Gasteiger partial charge in [0, 0.05) is 12.1 Å². The Kier molecular flexibility index (Phi) is 6.46. The van der Waals surface area contributed by atoms with E-state index >= 15 is 0 Å². The van der Waals surface area contributed by atoms with E-state index in [0.717, 1.165) is 11.5 Å². The molecular formula is C21H23NO5. The van der Waals surface area contributed by atoms with E-state index in [-0.39, 0.29) is 12.4 Å². The number of hydrogen-bond acceptors (Lipinski definition) is 6.